The van der Waals surface area contributed by atoms with Gasteiger partial charge < -0.3 is 10.1 Å². The summed E-state index contributed by atoms with van der Waals surface area (Å²) in [6.07, 6.45) is 4.07. The molecule has 3 heterocycles. The highest BCUT2D eigenvalue weighted by Gasteiger charge is 2.15. The minimum atomic E-state index is -0.380. The molecule has 0 aliphatic carbocycles. The van der Waals surface area contributed by atoms with E-state index >= 15 is 0 Å². The molecule has 1 amide bonds. The number of nitrogens with zero attached hydrogens (tertiary/aromatic N) is 5. The zero-order chi connectivity index (χ0) is 19.4. The summed E-state index contributed by atoms with van der Waals surface area (Å²) in [5, 5.41) is 14.8. The second-order valence-corrected chi connectivity index (χ2v) is 6.46. The molecule has 1 N–H and O–H groups in total. The lowest BCUT2D eigenvalue weighted by molar-refractivity contribution is -0.117. The molecule has 0 fully saturated rings. The molecule has 0 unspecified atom stereocenters. The van der Waals surface area contributed by atoms with E-state index in [1.165, 1.54) is 6.07 Å². The Bertz CT molecular complexity index is 1010. The van der Waals surface area contributed by atoms with E-state index in [9.17, 15) is 9.59 Å². The van der Waals surface area contributed by atoms with Crippen LogP contribution in [-0.4, -0.2) is 36.9 Å². The van der Waals surface area contributed by atoms with Crippen LogP contribution in [0.2, 0.25) is 0 Å². The zero-order valence-electron chi connectivity index (χ0n) is 15.5. The second-order valence-electron chi connectivity index (χ2n) is 6.46. The minimum absolute atomic E-state index is 0.0583. The number of fused-ring (bicyclic) bond motifs is 1. The van der Waals surface area contributed by atoms with Gasteiger partial charge in [-0.15, -0.1) is 10.2 Å². The molecular formula is C18H22N6O3. The van der Waals surface area contributed by atoms with Crippen molar-refractivity contribution in [3.63, 3.8) is 0 Å². The lowest BCUT2D eigenvalue weighted by Gasteiger charge is -2.14. The van der Waals surface area contributed by atoms with E-state index in [1.54, 1.807) is 29.1 Å². The van der Waals surface area contributed by atoms with Crippen LogP contribution in [0.1, 0.15) is 38.8 Å². The van der Waals surface area contributed by atoms with Gasteiger partial charge in [0.1, 0.15) is 24.3 Å². The van der Waals surface area contributed by atoms with Crippen molar-refractivity contribution in [2.75, 3.05) is 11.9 Å². The number of carbonyl (C=O) groups excluding carboxylic acids is 1. The van der Waals surface area contributed by atoms with Crippen molar-refractivity contribution in [2.45, 2.75) is 39.7 Å². The number of pyridine rings is 1. The number of hydrogen-bond acceptors (Lipinski definition) is 6. The molecule has 0 bridgehead atoms. The number of ether oxygens (including phenoxy) is 1. The van der Waals surface area contributed by atoms with Crippen LogP contribution in [0.25, 0.3) is 5.65 Å². The molecule has 3 aromatic rings. The Hall–Kier alpha value is -3.23. The van der Waals surface area contributed by atoms with E-state index in [0.29, 0.717) is 29.4 Å². The molecule has 0 aromatic carbocycles. The van der Waals surface area contributed by atoms with Crippen LogP contribution in [0.15, 0.2) is 35.5 Å². The summed E-state index contributed by atoms with van der Waals surface area (Å²) < 4.78 is 8.47. The summed E-state index contributed by atoms with van der Waals surface area (Å²) in [6.45, 7) is 6.24. The van der Waals surface area contributed by atoms with Crippen LogP contribution in [0, 0.1) is 0 Å². The molecule has 142 valence electrons. The normalized spacial score (nSPS) is 11.1. The van der Waals surface area contributed by atoms with E-state index in [-0.39, 0.29) is 23.9 Å². The average Bonchev–Trinajstić information content (AvgIpc) is 3.09. The standard InChI is InChI=1S/C18H22N6O3/c1-4-7-27-14-8-17(26)24(22-18(14)12(2)3)10-16(25)20-13-5-6-15-21-19-11-23(15)9-13/h5-6,8-9,11-12H,4,7,10H2,1-3H3,(H,20,25). The quantitative estimate of drug-likeness (QED) is 0.681. The molecular weight excluding hydrogens is 348 g/mol. The Morgan fingerprint density at radius 1 is 1.33 bits per heavy atom. The summed E-state index contributed by atoms with van der Waals surface area (Å²) in [6, 6.07) is 4.86. The van der Waals surface area contributed by atoms with E-state index in [2.05, 4.69) is 20.6 Å². The highest BCUT2D eigenvalue weighted by molar-refractivity contribution is 5.90. The molecule has 3 aromatic heterocycles. The molecule has 0 aliphatic heterocycles. The fraction of sp³-hybridized carbons (Fsp3) is 0.389. The Morgan fingerprint density at radius 3 is 2.89 bits per heavy atom. The van der Waals surface area contributed by atoms with Crippen LogP contribution in [0.4, 0.5) is 5.69 Å². The monoisotopic (exact) mass is 370 g/mol. The smallest absolute Gasteiger partial charge is 0.270 e. The number of carbonyl (C=O) groups is 1. The van der Waals surface area contributed by atoms with E-state index in [4.69, 9.17) is 4.74 Å². The van der Waals surface area contributed by atoms with Crippen molar-refractivity contribution in [2.24, 2.45) is 0 Å². The number of amides is 1. The van der Waals surface area contributed by atoms with Crippen LogP contribution >= 0.6 is 0 Å². The first kappa shape index (κ1) is 18.6. The average molecular weight is 370 g/mol. The van der Waals surface area contributed by atoms with Crippen molar-refractivity contribution in [1.29, 1.82) is 0 Å². The van der Waals surface area contributed by atoms with Gasteiger partial charge >= 0.3 is 0 Å². The summed E-state index contributed by atoms with van der Waals surface area (Å²) >= 11 is 0. The Morgan fingerprint density at radius 2 is 2.15 bits per heavy atom. The first-order valence-electron chi connectivity index (χ1n) is 8.82. The van der Waals surface area contributed by atoms with Crippen molar-refractivity contribution in [3.8, 4) is 5.75 Å². The number of anilines is 1. The zero-order valence-corrected chi connectivity index (χ0v) is 15.5. The van der Waals surface area contributed by atoms with Gasteiger partial charge in [-0.25, -0.2) is 4.68 Å². The first-order valence-corrected chi connectivity index (χ1v) is 8.82. The molecule has 0 spiro atoms. The predicted octanol–water partition coefficient (Wildman–Crippen LogP) is 1.84. The maximum Gasteiger partial charge on any atom is 0.270 e. The third kappa shape index (κ3) is 4.30. The van der Waals surface area contributed by atoms with Gasteiger partial charge in [0.05, 0.1) is 12.3 Å². The van der Waals surface area contributed by atoms with E-state index < -0.39 is 0 Å². The molecule has 0 saturated heterocycles. The van der Waals surface area contributed by atoms with Gasteiger partial charge in [-0.3, -0.25) is 14.0 Å². The SMILES string of the molecule is CCCOc1cc(=O)n(CC(=O)Nc2ccc3nncn3c2)nc1C(C)C. The second kappa shape index (κ2) is 7.98. The van der Waals surface area contributed by atoms with E-state index in [0.717, 1.165) is 11.1 Å². The van der Waals surface area contributed by atoms with Crippen molar-refractivity contribution in [3.05, 3.63) is 46.8 Å². The number of aromatic nitrogens is 5. The third-order valence-corrected chi connectivity index (χ3v) is 3.87. The van der Waals surface area contributed by atoms with Crippen molar-refractivity contribution in [1.82, 2.24) is 24.4 Å². The number of rotatable bonds is 7. The van der Waals surface area contributed by atoms with Crippen LogP contribution in [0.5, 0.6) is 5.75 Å². The summed E-state index contributed by atoms with van der Waals surface area (Å²) in [5.74, 6) is 0.184. The highest BCUT2D eigenvalue weighted by atomic mass is 16.5. The van der Waals surface area contributed by atoms with Crippen molar-refractivity contribution < 1.29 is 9.53 Å². The van der Waals surface area contributed by atoms with Crippen LogP contribution < -0.4 is 15.6 Å². The number of hydrogen-bond donors (Lipinski definition) is 1. The van der Waals surface area contributed by atoms with E-state index in [1.807, 2.05) is 20.8 Å². The molecule has 9 nitrogen and oxygen atoms in total. The Balaban J connectivity index is 1.78. The van der Waals surface area contributed by atoms with Gasteiger partial charge in [0.15, 0.2) is 5.65 Å². The lowest BCUT2D eigenvalue weighted by atomic mass is 10.1. The first-order chi connectivity index (χ1) is 13.0. The van der Waals surface area contributed by atoms with Gasteiger partial charge in [0.2, 0.25) is 5.91 Å². The Labute approximate surface area is 156 Å². The third-order valence-electron chi connectivity index (χ3n) is 3.87. The van der Waals surface area contributed by atoms with Gasteiger partial charge in [0, 0.05) is 18.2 Å². The summed E-state index contributed by atoms with van der Waals surface area (Å²) in [7, 11) is 0. The maximum atomic E-state index is 12.4. The molecule has 0 atom stereocenters. The van der Waals surface area contributed by atoms with Gasteiger partial charge in [-0.1, -0.05) is 20.8 Å². The molecule has 3 rings (SSSR count). The Kier molecular flexibility index (Phi) is 5.49. The van der Waals surface area contributed by atoms with Gasteiger partial charge in [-0.05, 0) is 18.6 Å². The van der Waals surface area contributed by atoms with Gasteiger partial charge in [0.25, 0.3) is 5.56 Å². The maximum absolute atomic E-state index is 12.4. The molecule has 0 saturated carbocycles. The number of nitrogens with one attached hydrogen (secondary N) is 1. The summed E-state index contributed by atoms with van der Waals surface area (Å²) in [4.78, 5) is 24.7. The molecule has 9 heteroatoms. The minimum Gasteiger partial charge on any atom is -0.491 e. The highest BCUT2D eigenvalue weighted by Crippen LogP contribution is 2.22. The predicted molar refractivity (Wildman–Crippen MR) is 100.0 cm³/mol. The molecule has 27 heavy (non-hydrogen) atoms. The fourth-order valence-corrected chi connectivity index (χ4v) is 2.57. The topological polar surface area (TPSA) is 103 Å². The van der Waals surface area contributed by atoms with Crippen LogP contribution in [-0.2, 0) is 11.3 Å². The molecule has 0 aliphatic rings. The van der Waals surface area contributed by atoms with Crippen molar-refractivity contribution >= 4 is 17.2 Å². The van der Waals surface area contributed by atoms with Gasteiger partial charge in [-0.2, -0.15) is 5.10 Å². The fourth-order valence-electron chi connectivity index (χ4n) is 2.57. The molecule has 0 radical (unpaired) electrons. The van der Waals surface area contributed by atoms with Crippen LogP contribution in [0.3, 0.4) is 0 Å². The lowest BCUT2D eigenvalue weighted by Crippen LogP contribution is -2.30. The summed E-state index contributed by atoms with van der Waals surface area (Å²) in [5.41, 5.74) is 1.53. The largest absolute Gasteiger partial charge is 0.491 e.